The van der Waals surface area contributed by atoms with E-state index in [0.29, 0.717) is 37.1 Å². The van der Waals surface area contributed by atoms with Crippen LogP contribution in [0.5, 0.6) is 17.2 Å². The molecule has 1 N–H and O–H groups in total. The van der Waals surface area contributed by atoms with Crippen molar-refractivity contribution in [2.45, 2.75) is 33.1 Å². The minimum absolute atomic E-state index is 0.0248. The average Bonchev–Trinajstić information content (AvgIpc) is 2.78. The number of piperidine rings is 1. The van der Waals surface area contributed by atoms with Crippen LogP contribution in [0.15, 0.2) is 42.5 Å². The average molecular weight is 427 g/mol. The van der Waals surface area contributed by atoms with Crippen molar-refractivity contribution in [1.29, 1.82) is 0 Å². The first-order valence-corrected chi connectivity index (χ1v) is 11.2. The number of benzene rings is 2. The predicted octanol–water partition coefficient (Wildman–Crippen LogP) is 4.39. The summed E-state index contributed by atoms with van der Waals surface area (Å²) in [5.41, 5.74) is 2.00. The quantitative estimate of drug-likeness (QED) is 0.611. The molecule has 6 heteroatoms. The van der Waals surface area contributed by atoms with Crippen LogP contribution in [0, 0.1) is 5.92 Å². The molecule has 0 radical (unpaired) electrons. The van der Waals surface area contributed by atoms with Gasteiger partial charge in [0.15, 0.2) is 0 Å². The monoisotopic (exact) mass is 426 g/mol. The largest absolute Gasteiger partial charge is 0.497 e. The van der Waals surface area contributed by atoms with Crippen molar-refractivity contribution in [2.24, 2.45) is 5.92 Å². The first-order valence-electron chi connectivity index (χ1n) is 11.2. The van der Waals surface area contributed by atoms with Gasteiger partial charge in [-0.25, -0.2) is 0 Å². The van der Waals surface area contributed by atoms with Crippen molar-refractivity contribution < 1.29 is 19.0 Å². The molecule has 1 aliphatic rings. The fourth-order valence-electron chi connectivity index (χ4n) is 3.98. The second-order valence-corrected chi connectivity index (χ2v) is 7.84. The first-order chi connectivity index (χ1) is 15.1. The Hall–Kier alpha value is -2.73. The zero-order valence-electron chi connectivity index (χ0n) is 18.9. The molecular weight excluding hydrogens is 392 g/mol. The van der Waals surface area contributed by atoms with Crippen LogP contribution >= 0.6 is 0 Å². The first kappa shape index (κ1) is 22.9. The maximum Gasteiger partial charge on any atom is 0.238 e. The Kier molecular flexibility index (Phi) is 8.59. The highest BCUT2D eigenvalue weighted by molar-refractivity contribution is 5.94. The number of nitrogens with one attached hydrogen (secondary N) is 1. The maximum absolute atomic E-state index is 12.7. The van der Waals surface area contributed by atoms with Crippen LogP contribution < -0.4 is 19.5 Å². The Balaban J connectivity index is 1.49. The summed E-state index contributed by atoms with van der Waals surface area (Å²) in [7, 11) is 1.69. The number of likely N-dealkylation sites (tertiary alicyclic amines) is 1. The molecule has 168 valence electrons. The highest BCUT2D eigenvalue weighted by atomic mass is 16.5. The highest BCUT2D eigenvalue weighted by Crippen LogP contribution is 2.30. The van der Waals surface area contributed by atoms with Crippen molar-refractivity contribution >= 4 is 11.6 Å². The van der Waals surface area contributed by atoms with E-state index in [1.54, 1.807) is 7.11 Å². The molecule has 0 bridgehead atoms. The molecule has 1 heterocycles. The third kappa shape index (κ3) is 6.89. The molecule has 1 amide bonds. The van der Waals surface area contributed by atoms with E-state index in [4.69, 9.17) is 14.2 Å². The van der Waals surface area contributed by atoms with Crippen molar-refractivity contribution in [3.63, 3.8) is 0 Å². The van der Waals surface area contributed by atoms with Gasteiger partial charge in [0.1, 0.15) is 17.2 Å². The van der Waals surface area contributed by atoms with Gasteiger partial charge in [0.05, 0.1) is 32.6 Å². The lowest BCUT2D eigenvalue weighted by atomic mass is 9.90. The van der Waals surface area contributed by atoms with Crippen LogP contribution in [0.1, 0.15) is 32.3 Å². The van der Waals surface area contributed by atoms with Gasteiger partial charge < -0.3 is 19.5 Å². The Bertz CT molecular complexity index is 830. The van der Waals surface area contributed by atoms with Crippen molar-refractivity contribution in [2.75, 3.05) is 45.3 Å². The summed E-state index contributed by atoms with van der Waals surface area (Å²) in [4.78, 5) is 14.9. The normalized spacial score (nSPS) is 14.8. The SMILES string of the molecule is CCOc1ccc(OCC)c(NC(=O)CN2CCC(Cc3ccc(OC)cc3)CC2)c1. The van der Waals surface area contributed by atoms with Crippen LogP contribution in [0.25, 0.3) is 0 Å². The fourth-order valence-corrected chi connectivity index (χ4v) is 3.98. The second-order valence-electron chi connectivity index (χ2n) is 7.84. The van der Waals surface area contributed by atoms with Crippen molar-refractivity contribution in [3.05, 3.63) is 48.0 Å². The summed E-state index contributed by atoms with van der Waals surface area (Å²) in [5.74, 6) is 2.91. The molecule has 1 fully saturated rings. The maximum atomic E-state index is 12.7. The molecule has 2 aromatic carbocycles. The van der Waals surface area contributed by atoms with E-state index in [1.807, 2.05) is 44.2 Å². The lowest BCUT2D eigenvalue weighted by Gasteiger charge is -2.31. The van der Waals surface area contributed by atoms with E-state index < -0.39 is 0 Å². The van der Waals surface area contributed by atoms with E-state index in [0.717, 1.165) is 43.9 Å². The molecule has 2 aromatic rings. The van der Waals surface area contributed by atoms with Crippen LogP contribution in [-0.2, 0) is 11.2 Å². The summed E-state index contributed by atoms with van der Waals surface area (Å²) >= 11 is 0. The highest BCUT2D eigenvalue weighted by Gasteiger charge is 2.21. The molecule has 1 saturated heterocycles. The molecule has 31 heavy (non-hydrogen) atoms. The smallest absolute Gasteiger partial charge is 0.238 e. The molecule has 3 rings (SSSR count). The molecule has 0 atom stereocenters. The number of hydrogen-bond acceptors (Lipinski definition) is 5. The topological polar surface area (TPSA) is 60.0 Å². The molecule has 0 spiro atoms. The fraction of sp³-hybridized carbons (Fsp3) is 0.480. The van der Waals surface area contributed by atoms with Gasteiger partial charge >= 0.3 is 0 Å². The number of nitrogens with zero attached hydrogens (tertiary/aromatic N) is 1. The van der Waals surface area contributed by atoms with Gasteiger partial charge in [-0.2, -0.15) is 0 Å². The third-order valence-corrected chi connectivity index (χ3v) is 5.59. The number of hydrogen-bond donors (Lipinski definition) is 1. The molecule has 0 unspecified atom stereocenters. The van der Waals surface area contributed by atoms with Crippen molar-refractivity contribution in [3.8, 4) is 17.2 Å². The van der Waals surface area contributed by atoms with Gasteiger partial charge in [0, 0.05) is 6.07 Å². The summed E-state index contributed by atoms with van der Waals surface area (Å²) < 4.78 is 16.4. The van der Waals surface area contributed by atoms with Gasteiger partial charge in [-0.05, 0) is 81.9 Å². The number of rotatable bonds is 10. The molecule has 0 aliphatic carbocycles. The Labute approximate surface area is 185 Å². The molecule has 0 aromatic heterocycles. The molecular formula is C25H34N2O4. The Morgan fingerprint density at radius 3 is 2.32 bits per heavy atom. The number of carbonyl (C=O) groups is 1. The molecule has 0 saturated carbocycles. The lowest BCUT2D eigenvalue weighted by molar-refractivity contribution is -0.117. The standard InChI is InChI=1S/C25H34N2O4/c1-4-30-22-10-11-24(31-5-2)23(17-22)26-25(28)18-27-14-12-20(13-15-27)16-19-6-8-21(29-3)9-7-19/h6-11,17,20H,4-5,12-16,18H2,1-3H3,(H,26,28). The number of anilines is 1. The van der Waals surface area contributed by atoms with Gasteiger partial charge in [0.25, 0.3) is 0 Å². The Morgan fingerprint density at radius 2 is 1.68 bits per heavy atom. The number of methoxy groups -OCH3 is 1. The van der Waals surface area contributed by atoms with E-state index in [-0.39, 0.29) is 5.91 Å². The summed E-state index contributed by atoms with van der Waals surface area (Å²) in [6.45, 7) is 7.24. The number of carbonyl (C=O) groups excluding carboxylic acids is 1. The molecule has 6 nitrogen and oxygen atoms in total. The second kappa shape index (κ2) is 11.6. The zero-order chi connectivity index (χ0) is 22.1. The van der Waals surface area contributed by atoms with E-state index in [9.17, 15) is 4.79 Å². The lowest BCUT2D eigenvalue weighted by Crippen LogP contribution is -2.39. The van der Waals surface area contributed by atoms with Gasteiger partial charge in [-0.3, -0.25) is 9.69 Å². The summed E-state index contributed by atoms with van der Waals surface area (Å²) in [6, 6.07) is 13.9. The van der Waals surface area contributed by atoms with E-state index >= 15 is 0 Å². The predicted molar refractivity (Wildman–Crippen MR) is 123 cm³/mol. The minimum Gasteiger partial charge on any atom is -0.497 e. The zero-order valence-corrected chi connectivity index (χ0v) is 18.9. The van der Waals surface area contributed by atoms with E-state index in [2.05, 4.69) is 22.3 Å². The van der Waals surface area contributed by atoms with Gasteiger partial charge in [-0.15, -0.1) is 0 Å². The minimum atomic E-state index is -0.0248. The summed E-state index contributed by atoms with van der Waals surface area (Å²) in [6.07, 6.45) is 3.28. The Morgan fingerprint density at radius 1 is 1.00 bits per heavy atom. The van der Waals surface area contributed by atoms with Crippen molar-refractivity contribution in [1.82, 2.24) is 4.90 Å². The van der Waals surface area contributed by atoms with Crippen LogP contribution in [0.2, 0.25) is 0 Å². The van der Waals surface area contributed by atoms with Crippen LogP contribution in [0.3, 0.4) is 0 Å². The molecule has 1 aliphatic heterocycles. The van der Waals surface area contributed by atoms with Crippen LogP contribution in [-0.4, -0.2) is 50.8 Å². The summed E-state index contributed by atoms with van der Waals surface area (Å²) in [5, 5.41) is 3.01. The van der Waals surface area contributed by atoms with Crippen LogP contribution in [0.4, 0.5) is 5.69 Å². The third-order valence-electron chi connectivity index (χ3n) is 5.59. The number of amides is 1. The van der Waals surface area contributed by atoms with Gasteiger partial charge in [-0.1, -0.05) is 12.1 Å². The number of ether oxygens (including phenoxy) is 3. The van der Waals surface area contributed by atoms with Gasteiger partial charge in [0.2, 0.25) is 5.91 Å². The van der Waals surface area contributed by atoms with E-state index in [1.165, 1.54) is 5.56 Å².